The van der Waals surface area contributed by atoms with Crippen molar-refractivity contribution in [2.45, 2.75) is 25.3 Å². The average molecular weight is 192 g/mol. The second kappa shape index (κ2) is 4.33. The zero-order valence-electron chi connectivity index (χ0n) is 9.08. The molecule has 0 spiro atoms. The fourth-order valence-electron chi connectivity index (χ4n) is 2.63. The van der Waals surface area contributed by atoms with Gasteiger partial charge in [-0.05, 0) is 26.3 Å². The molecule has 0 amide bonds. The molecule has 0 bridgehead atoms. The predicted molar refractivity (Wildman–Crippen MR) is 59.0 cm³/mol. The second-order valence-corrected chi connectivity index (χ2v) is 4.67. The largest absolute Gasteiger partial charge is 0.304 e. The number of hydrogen-bond acceptors (Lipinski definition) is 2. The van der Waals surface area contributed by atoms with Gasteiger partial charge in [-0.15, -0.1) is 12.3 Å². The van der Waals surface area contributed by atoms with E-state index in [0.717, 1.165) is 6.04 Å². The van der Waals surface area contributed by atoms with Crippen molar-refractivity contribution in [2.75, 3.05) is 33.2 Å². The van der Waals surface area contributed by atoms with Crippen LogP contribution >= 0.6 is 0 Å². The minimum absolute atomic E-state index is 0.555. The SMILES string of the molecule is C#CC1CC[C@@H](N2CCN(C)CC2)C1. The van der Waals surface area contributed by atoms with Crippen molar-refractivity contribution in [1.29, 1.82) is 0 Å². The maximum Gasteiger partial charge on any atom is 0.0215 e. The summed E-state index contributed by atoms with van der Waals surface area (Å²) in [6.07, 6.45) is 9.27. The Morgan fingerprint density at radius 3 is 2.43 bits per heavy atom. The molecule has 0 aromatic carbocycles. The van der Waals surface area contributed by atoms with Gasteiger partial charge < -0.3 is 4.90 Å². The molecule has 0 radical (unpaired) electrons. The lowest BCUT2D eigenvalue weighted by Gasteiger charge is -2.36. The molecule has 0 aromatic heterocycles. The zero-order chi connectivity index (χ0) is 9.97. The zero-order valence-corrected chi connectivity index (χ0v) is 9.08. The fourth-order valence-corrected chi connectivity index (χ4v) is 2.63. The molecule has 1 unspecified atom stereocenters. The molecular weight excluding hydrogens is 172 g/mol. The van der Waals surface area contributed by atoms with Gasteiger partial charge in [0.1, 0.15) is 0 Å². The van der Waals surface area contributed by atoms with Crippen LogP contribution in [0.25, 0.3) is 0 Å². The van der Waals surface area contributed by atoms with Gasteiger partial charge in [0.2, 0.25) is 0 Å². The van der Waals surface area contributed by atoms with Crippen molar-refractivity contribution in [2.24, 2.45) is 5.92 Å². The number of likely N-dealkylation sites (N-methyl/N-ethyl adjacent to an activating group) is 1. The quantitative estimate of drug-likeness (QED) is 0.573. The molecular formula is C12H20N2. The smallest absolute Gasteiger partial charge is 0.0215 e. The first-order valence-corrected chi connectivity index (χ1v) is 5.68. The van der Waals surface area contributed by atoms with E-state index in [2.05, 4.69) is 22.8 Å². The van der Waals surface area contributed by atoms with E-state index < -0.39 is 0 Å². The number of terminal acetylenes is 1. The summed E-state index contributed by atoms with van der Waals surface area (Å²) in [4.78, 5) is 5.04. The predicted octanol–water partition coefficient (Wildman–Crippen LogP) is 1.04. The molecule has 2 rings (SSSR count). The first-order chi connectivity index (χ1) is 6.79. The van der Waals surface area contributed by atoms with Crippen molar-refractivity contribution in [3.63, 3.8) is 0 Å². The third-order valence-electron chi connectivity index (χ3n) is 3.69. The molecule has 2 fully saturated rings. The summed E-state index contributed by atoms with van der Waals surface area (Å²) in [7, 11) is 2.20. The van der Waals surface area contributed by atoms with Gasteiger partial charge in [0, 0.05) is 38.1 Å². The monoisotopic (exact) mass is 192 g/mol. The van der Waals surface area contributed by atoms with Crippen LogP contribution in [0.1, 0.15) is 19.3 Å². The molecule has 1 saturated heterocycles. The molecule has 1 aliphatic heterocycles. The van der Waals surface area contributed by atoms with E-state index in [1.807, 2.05) is 0 Å². The highest BCUT2D eigenvalue weighted by Crippen LogP contribution is 2.29. The van der Waals surface area contributed by atoms with Gasteiger partial charge in [0.15, 0.2) is 0 Å². The van der Waals surface area contributed by atoms with Crippen molar-refractivity contribution in [3.8, 4) is 12.3 Å². The molecule has 1 saturated carbocycles. The van der Waals surface area contributed by atoms with E-state index in [9.17, 15) is 0 Å². The molecule has 2 aliphatic rings. The molecule has 0 N–H and O–H groups in total. The van der Waals surface area contributed by atoms with Crippen LogP contribution in [0.3, 0.4) is 0 Å². The second-order valence-electron chi connectivity index (χ2n) is 4.67. The summed E-state index contributed by atoms with van der Waals surface area (Å²) in [5.74, 6) is 3.46. The third kappa shape index (κ3) is 2.10. The summed E-state index contributed by atoms with van der Waals surface area (Å²) < 4.78 is 0. The van der Waals surface area contributed by atoms with E-state index >= 15 is 0 Å². The molecule has 0 aromatic rings. The van der Waals surface area contributed by atoms with Gasteiger partial charge in [-0.3, -0.25) is 4.90 Å². The van der Waals surface area contributed by atoms with Gasteiger partial charge in [0.05, 0.1) is 0 Å². The summed E-state index contributed by atoms with van der Waals surface area (Å²) >= 11 is 0. The van der Waals surface area contributed by atoms with Crippen LogP contribution in [0.2, 0.25) is 0 Å². The Bertz CT molecular complexity index is 223. The normalized spacial score (nSPS) is 35.7. The lowest BCUT2D eigenvalue weighted by atomic mass is 10.1. The fraction of sp³-hybridized carbons (Fsp3) is 0.833. The first-order valence-electron chi connectivity index (χ1n) is 5.68. The van der Waals surface area contributed by atoms with Gasteiger partial charge >= 0.3 is 0 Å². The van der Waals surface area contributed by atoms with Crippen LogP contribution in [0.5, 0.6) is 0 Å². The van der Waals surface area contributed by atoms with Crippen LogP contribution in [0, 0.1) is 18.3 Å². The number of hydrogen-bond donors (Lipinski definition) is 0. The minimum Gasteiger partial charge on any atom is -0.304 e. The molecule has 1 heterocycles. The van der Waals surface area contributed by atoms with E-state index in [0.29, 0.717) is 5.92 Å². The van der Waals surface area contributed by atoms with Crippen LogP contribution < -0.4 is 0 Å². The van der Waals surface area contributed by atoms with Gasteiger partial charge in [-0.1, -0.05) is 0 Å². The van der Waals surface area contributed by atoms with Gasteiger partial charge in [-0.2, -0.15) is 0 Å². The molecule has 14 heavy (non-hydrogen) atoms. The van der Waals surface area contributed by atoms with E-state index in [1.54, 1.807) is 0 Å². The number of rotatable bonds is 1. The Balaban J connectivity index is 1.83. The molecule has 2 nitrogen and oxygen atoms in total. The lowest BCUT2D eigenvalue weighted by molar-refractivity contribution is 0.113. The molecule has 1 aliphatic carbocycles. The topological polar surface area (TPSA) is 6.48 Å². The van der Waals surface area contributed by atoms with Gasteiger partial charge in [-0.25, -0.2) is 0 Å². The molecule has 2 atom stereocenters. The van der Waals surface area contributed by atoms with Crippen molar-refractivity contribution in [3.05, 3.63) is 0 Å². The average Bonchev–Trinajstić information content (AvgIpc) is 2.67. The minimum atomic E-state index is 0.555. The summed E-state index contributed by atoms with van der Waals surface area (Å²) in [6, 6.07) is 0.782. The third-order valence-corrected chi connectivity index (χ3v) is 3.69. The van der Waals surface area contributed by atoms with Crippen LogP contribution in [0.15, 0.2) is 0 Å². The van der Waals surface area contributed by atoms with Crippen molar-refractivity contribution in [1.82, 2.24) is 9.80 Å². The number of piperazine rings is 1. The Labute approximate surface area is 87.3 Å². The van der Waals surface area contributed by atoms with Crippen LogP contribution in [-0.4, -0.2) is 49.1 Å². The highest BCUT2D eigenvalue weighted by molar-refractivity contribution is 5.00. The van der Waals surface area contributed by atoms with E-state index in [-0.39, 0.29) is 0 Å². The first kappa shape index (κ1) is 10.0. The number of nitrogens with zero attached hydrogens (tertiary/aromatic N) is 2. The molecule has 2 heteroatoms. The standard InChI is InChI=1S/C12H20N2/c1-3-11-4-5-12(10-11)14-8-6-13(2)7-9-14/h1,11-12H,4-10H2,2H3/t11?,12-/m1/s1. The summed E-state index contributed by atoms with van der Waals surface area (Å²) in [5.41, 5.74) is 0. The van der Waals surface area contributed by atoms with Crippen molar-refractivity contribution < 1.29 is 0 Å². The summed E-state index contributed by atoms with van der Waals surface area (Å²) in [5, 5.41) is 0. The van der Waals surface area contributed by atoms with Gasteiger partial charge in [0.25, 0.3) is 0 Å². The van der Waals surface area contributed by atoms with E-state index in [1.165, 1.54) is 45.4 Å². The van der Waals surface area contributed by atoms with Crippen LogP contribution in [-0.2, 0) is 0 Å². The Kier molecular flexibility index (Phi) is 3.10. The molecule has 78 valence electrons. The highest BCUT2D eigenvalue weighted by Gasteiger charge is 2.29. The lowest BCUT2D eigenvalue weighted by Crippen LogP contribution is -2.48. The van der Waals surface area contributed by atoms with Crippen LogP contribution in [0.4, 0.5) is 0 Å². The van der Waals surface area contributed by atoms with Crippen molar-refractivity contribution >= 4 is 0 Å². The maximum atomic E-state index is 5.47. The Morgan fingerprint density at radius 2 is 1.86 bits per heavy atom. The maximum absolute atomic E-state index is 5.47. The highest BCUT2D eigenvalue weighted by atomic mass is 15.3. The van der Waals surface area contributed by atoms with E-state index in [4.69, 9.17) is 6.42 Å². The summed E-state index contributed by atoms with van der Waals surface area (Å²) in [6.45, 7) is 4.91. The Morgan fingerprint density at radius 1 is 1.14 bits per heavy atom. The Hall–Kier alpha value is -0.520.